The van der Waals surface area contributed by atoms with Crippen LogP contribution in [0.2, 0.25) is 0 Å². The molecule has 4 aromatic rings. The lowest BCUT2D eigenvalue weighted by Gasteiger charge is -2.03. The van der Waals surface area contributed by atoms with Gasteiger partial charge in [0, 0.05) is 16.1 Å². The number of hydrazone groups is 1. The van der Waals surface area contributed by atoms with Crippen molar-refractivity contribution in [3.63, 3.8) is 0 Å². The minimum Gasteiger partial charge on any atom is -0.497 e. The first-order valence-electron chi connectivity index (χ1n) is 8.68. The molecule has 29 heavy (non-hydrogen) atoms. The molecule has 0 amide bonds. The van der Waals surface area contributed by atoms with Crippen molar-refractivity contribution in [3.8, 4) is 16.2 Å². The van der Waals surface area contributed by atoms with Crippen LogP contribution in [0, 0.1) is 0 Å². The Balaban J connectivity index is 1.60. The van der Waals surface area contributed by atoms with Crippen LogP contribution in [0.1, 0.15) is 12.5 Å². The van der Waals surface area contributed by atoms with E-state index in [0.29, 0.717) is 26.9 Å². The largest absolute Gasteiger partial charge is 0.497 e. The number of nitrogens with one attached hydrogen (secondary N) is 1. The molecule has 0 spiro atoms. The zero-order valence-corrected chi connectivity index (χ0v) is 18.0. The van der Waals surface area contributed by atoms with Crippen LogP contribution in [-0.2, 0) is 0 Å². The number of nitrogens with zero attached hydrogens (tertiary/aromatic N) is 2. The highest BCUT2D eigenvalue weighted by molar-refractivity contribution is 9.10. The van der Waals surface area contributed by atoms with E-state index in [1.54, 1.807) is 31.5 Å². The Morgan fingerprint density at radius 2 is 2.00 bits per heavy atom. The molecule has 0 bridgehead atoms. The van der Waals surface area contributed by atoms with Crippen molar-refractivity contribution in [2.24, 2.45) is 5.10 Å². The highest BCUT2D eigenvalue weighted by Gasteiger charge is 2.12. The van der Waals surface area contributed by atoms with Gasteiger partial charge in [0.1, 0.15) is 11.3 Å². The molecule has 2 aromatic carbocycles. The summed E-state index contributed by atoms with van der Waals surface area (Å²) in [6, 6.07) is 15.0. The third kappa shape index (κ3) is 4.23. The first-order valence-corrected chi connectivity index (χ1v) is 10.3. The number of methoxy groups -OCH3 is 1. The van der Waals surface area contributed by atoms with Crippen molar-refractivity contribution in [2.45, 2.75) is 6.92 Å². The normalized spacial score (nSPS) is 11.6. The Hall–Kier alpha value is -2.97. The lowest BCUT2D eigenvalue weighted by molar-refractivity contribution is 0.415. The summed E-state index contributed by atoms with van der Waals surface area (Å²) in [5.74, 6) is 0.696. The van der Waals surface area contributed by atoms with Gasteiger partial charge in [0.2, 0.25) is 5.13 Å². The van der Waals surface area contributed by atoms with E-state index in [9.17, 15) is 4.79 Å². The summed E-state index contributed by atoms with van der Waals surface area (Å²) >= 11 is 4.75. The van der Waals surface area contributed by atoms with E-state index < -0.39 is 5.63 Å². The van der Waals surface area contributed by atoms with Gasteiger partial charge in [0.25, 0.3) is 0 Å². The van der Waals surface area contributed by atoms with Crippen molar-refractivity contribution in [3.05, 3.63) is 75.2 Å². The lowest BCUT2D eigenvalue weighted by atomic mass is 10.1. The Kier molecular flexibility index (Phi) is 5.46. The number of benzene rings is 2. The van der Waals surface area contributed by atoms with Crippen molar-refractivity contribution in [2.75, 3.05) is 12.5 Å². The highest BCUT2D eigenvalue weighted by Crippen LogP contribution is 2.30. The summed E-state index contributed by atoms with van der Waals surface area (Å²) in [4.78, 5) is 17.4. The molecule has 0 unspecified atom stereocenters. The Labute approximate surface area is 179 Å². The molecule has 146 valence electrons. The molecule has 0 fully saturated rings. The minimum atomic E-state index is -0.410. The molecule has 6 nitrogen and oxygen atoms in total. The second kappa shape index (κ2) is 8.18. The van der Waals surface area contributed by atoms with E-state index in [-0.39, 0.29) is 0 Å². The second-order valence-corrected chi connectivity index (χ2v) is 8.14. The van der Waals surface area contributed by atoms with E-state index in [0.717, 1.165) is 21.1 Å². The molecule has 0 radical (unpaired) electrons. The predicted octanol–water partition coefficient (Wildman–Crippen LogP) is 5.52. The standard InChI is InChI=1S/C21H16BrN3O3S/c1-12(13-3-5-15(22)6-4-13)24-25-21-23-11-19(29-21)17-10-14-9-16(27-2)7-8-18(14)28-20(17)26/h3-11H,1-2H3,(H,23,25). The van der Waals surface area contributed by atoms with Crippen molar-refractivity contribution < 1.29 is 9.15 Å². The van der Waals surface area contributed by atoms with Gasteiger partial charge in [-0.2, -0.15) is 5.10 Å². The zero-order valence-electron chi connectivity index (χ0n) is 15.6. The fourth-order valence-electron chi connectivity index (χ4n) is 2.74. The van der Waals surface area contributed by atoms with Crippen LogP contribution >= 0.6 is 27.3 Å². The van der Waals surface area contributed by atoms with E-state index in [4.69, 9.17) is 9.15 Å². The fraction of sp³-hybridized carbons (Fsp3) is 0.0952. The number of anilines is 1. The fourth-order valence-corrected chi connectivity index (χ4v) is 3.76. The Morgan fingerprint density at radius 3 is 2.76 bits per heavy atom. The van der Waals surface area contributed by atoms with Crippen LogP contribution in [0.4, 0.5) is 5.13 Å². The van der Waals surface area contributed by atoms with Gasteiger partial charge in [-0.05, 0) is 48.9 Å². The molecule has 2 heterocycles. The van der Waals surface area contributed by atoms with Gasteiger partial charge in [0.05, 0.1) is 23.3 Å². The molecular formula is C21H16BrN3O3S. The summed E-state index contributed by atoms with van der Waals surface area (Å²) in [5.41, 5.74) is 5.33. The number of hydrogen-bond acceptors (Lipinski definition) is 7. The van der Waals surface area contributed by atoms with E-state index >= 15 is 0 Å². The molecule has 0 saturated carbocycles. The molecule has 8 heteroatoms. The number of thiazole rings is 1. The Bertz CT molecular complexity index is 1260. The van der Waals surface area contributed by atoms with Gasteiger partial charge in [-0.3, -0.25) is 5.43 Å². The topological polar surface area (TPSA) is 76.7 Å². The minimum absolute atomic E-state index is 0.410. The maximum Gasteiger partial charge on any atom is 0.345 e. The van der Waals surface area contributed by atoms with Crippen molar-refractivity contribution >= 4 is 49.1 Å². The van der Waals surface area contributed by atoms with Crippen molar-refractivity contribution in [1.82, 2.24) is 4.98 Å². The van der Waals surface area contributed by atoms with Crippen LogP contribution in [0.5, 0.6) is 5.75 Å². The molecule has 0 saturated heterocycles. The van der Waals surface area contributed by atoms with Gasteiger partial charge >= 0.3 is 5.63 Å². The number of ether oxygens (including phenoxy) is 1. The molecule has 0 atom stereocenters. The summed E-state index contributed by atoms with van der Waals surface area (Å²) in [6.07, 6.45) is 1.63. The zero-order chi connectivity index (χ0) is 20.4. The average molecular weight is 470 g/mol. The second-order valence-electron chi connectivity index (χ2n) is 6.20. The monoisotopic (exact) mass is 469 g/mol. The van der Waals surface area contributed by atoms with Crippen LogP contribution in [-0.4, -0.2) is 17.8 Å². The molecular weight excluding hydrogens is 454 g/mol. The van der Waals surface area contributed by atoms with Crippen LogP contribution in [0.25, 0.3) is 21.4 Å². The van der Waals surface area contributed by atoms with Gasteiger partial charge in [-0.15, -0.1) is 0 Å². The molecule has 0 aliphatic carbocycles. The highest BCUT2D eigenvalue weighted by atomic mass is 79.9. The maximum absolute atomic E-state index is 12.4. The third-order valence-corrected chi connectivity index (χ3v) is 5.76. The maximum atomic E-state index is 12.4. The predicted molar refractivity (Wildman–Crippen MR) is 120 cm³/mol. The third-order valence-electron chi connectivity index (χ3n) is 4.29. The molecule has 0 aliphatic rings. The van der Waals surface area contributed by atoms with Gasteiger partial charge in [-0.1, -0.05) is 39.4 Å². The lowest BCUT2D eigenvalue weighted by Crippen LogP contribution is -2.01. The van der Waals surface area contributed by atoms with Gasteiger partial charge in [-0.25, -0.2) is 9.78 Å². The van der Waals surface area contributed by atoms with E-state index in [1.165, 1.54) is 11.3 Å². The molecule has 4 rings (SSSR count). The Morgan fingerprint density at radius 1 is 1.21 bits per heavy atom. The first-order chi connectivity index (χ1) is 14.0. The van der Waals surface area contributed by atoms with Crippen LogP contribution in [0.3, 0.4) is 0 Å². The first kappa shape index (κ1) is 19.4. The van der Waals surface area contributed by atoms with Crippen LogP contribution in [0.15, 0.2) is 73.5 Å². The van der Waals surface area contributed by atoms with E-state index in [2.05, 4.69) is 31.4 Å². The smallest absolute Gasteiger partial charge is 0.345 e. The average Bonchev–Trinajstić information content (AvgIpc) is 3.20. The molecule has 1 N–H and O–H groups in total. The van der Waals surface area contributed by atoms with E-state index in [1.807, 2.05) is 37.3 Å². The van der Waals surface area contributed by atoms with Crippen LogP contribution < -0.4 is 15.8 Å². The number of hydrogen-bond donors (Lipinski definition) is 1. The number of fused-ring (bicyclic) bond motifs is 1. The molecule has 0 aliphatic heterocycles. The van der Waals surface area contributed by atoms with Crippen molar-refractivity contribution in [1.29, 1.82) is 0 Å². The summed E-state index contributed by atoms with van der Waals surface area (Å²) in [6.45, 7) is 1.91. The van der Waals surface area contributed by atoms with Gasteiger partial charge in [0.15, 0.2) is 0 Å². The SMILES string of the molecule is COc1ccc2oc(=O)c(-c3cnc(NN=C(C)c4ccc(Br)cc4)s3)cc2c1. The number of aromatic nitrogens is 1. The number of rotatable bonds is 5. The quantitative estimate of drug-likeness (QED) is 0.236. The summed E-state index contributed by atoms with van der Waals surface area (Å²) < 4.78 is 11.7. The van der Waals surface area contributed by atoms with Gasteiger partial charge < -0.3 is 9.15 Å². The molecule has 2 aromatic heterocycles. The summed E-state index contributed by atoms with van der Waals surface area (Å²) in [5, 5.41) is 5.75. The number of halogens is 1. The summed E-state index contributed by atoms with van der Waals surface area (Å²) in [7, 11) is 1.60.